The average Bonchev–Trinajstić information content (AvgIpc) is 2.97. The smallest absolute Gasteiger partial charge is 0.282 e. The second kappa shape index (κ2) is 6.95. The highest BCUT2D eigenvalue weighted by Crippen LogP contribution is 2.33. The number of benzene rings is 1. The Morgan fingerprint density at radius 1 is 1.28 bits per heavy atom. The molecule has 0 atom stereocenters. The Hall–Kier alpha value is -1.01. The molecule has 4 rings (SSSR count). The van der Waals surface area contributed by atoms with Crippen LogP contribution in [-0.4, -0.2) is 21.0 Å². The first kappa shape index (κ1) is 17.4. The molecule has 0 bridgehead atoms. The molecule has 1 aromatic carbocycles. The molecule has 0 aliphatic heterocycles. The molecule has 1 N–H and O–H groups in total. The minimum Gasteiger partial charge on any atom is -0.506 e. The molecule has 0 amide bonds. The first-order valence-corrected chi connectivity index (χ1v) is 10.8. The van der Waals surface area contributed by atoms with Gasteiger partial charge < -0.3 is 5.11 Å². The van der Waals surface area contributed by atoms with Crippen LogP contribution in [0.25, 0.3) is 10.2 Å². The van der Waals surface area contributed by atoms with Gasteiger partial charge in [0.25, 0.3) is 5.56 Å². The number of phenolic OH excluding ortho intramolecular Hbond substituents is 1. The first-order valence-electron chi connectivity index (χ1n) is 7.79. The molecule has 25 heavy (non-hydrogen) atoms. The van der Waals surface area contributed by atoms with Crippen LogP contribution in [0.4, 0.5) is 0 Å². The van der Waals surface area contributed by atoms with E-state index in [0.29, 0.717) is 10.9 Å². The van der Waals surface area contributed by atoms with Gasteiger partial charge in [-0.25, -0.2) is 4.98 Å². The number of hydrogen-bond donors (Lipinski definition) is 1. The van der Waals surface area contributed by atoms with Gasteiger partial charge >= 0.3 is 0 Å². The molecule has 1 aliphatic rings. The molecular weight excluding hydrogens is 564 g/mol. The lowest BCUT2D eigenvalue weighted by atomic mass is 9.97. The fraction of sp³-hybridized carbons (Fsp3) is 0.235. The van der Waals surface area contributed by atoms with Crippen LogP contribution in [-0.2, 0) is 12.8 Å². The predicted octanol–water partition coefficient (Wildman–Crippen LogP) is 4.13. The maximum absolute atomic E-state index is 12.9. The van der Waals surface area contributed by atoms with Crippen molar-refractivity contribution in [2.75, 3.05) is 0 Å². The topological polar surface area (TPSA) is 67.5 Å². The van der Waals surface area contributed by atoms with Crippen molar-refractivity contribution in [1.82, 2.24) is 9.66 Å². The molecule has 0 saturated carbocycles. The van der Waals surface area contributed by atoms with E-state index < -0.39 is 0 Å². The number of halogens is 2. The van der Waals surface area contributed by atoms with Crippen LogP contribution in [0.15, 0.2) is 28.4 Å². The molecule has 0 unspecified atom stereocenters. The first-order chi connectivity index (χ1) is 12.0. The third-order valence-corrected chi connectivity index (χ3v) is 6.88. The maximum Gasteiger partial charge on any atom is 0.282 e. The van der Waals surface area contributed by atoms with E-state index in [1.807, 2.05) is 12.1 Å². The molecule has 0 saturated heterocycles. The Labute approximate surface area is 175 Å². The summed E-state index contributed by atoms with van der Waals surface area (Å²) in [5.41, 5.74) is 1.59. The van der Waals surface area contributed by atoms with Gasteiger partial charge in [-0.3, -0.25) is 4.79 Å². The molecule has 8 heteroatoms. The number of aromatic hydroxyl groups is 1. The van der Waals surface area contributed by atoms with Crippen molar-refractivity contribution in [2.24, 2.45) is 5.10 Å². The molecule has 128 valence electrons. The summed E-state index contributed by atoms with van der Waals surface area (Å²) in [6.45, 7) is 0. The molecule has 5 nitrogen and oxygen atoms in total. The van der Waals surface area contributed by atoms with E-state index in [1.54, 1.807) is 11.3 Å². The summed E-state index contributed by atoms with van der Waals surface area (Å²) in [4.78, 5) is 19.4. The quantitative estimate of drug-likeness (QED) is 0.368. The number of fused-ring (bicyclic) bond motifs is 3. The summed E-state index contributed by atoms with van der Waals surface area (Å²) in [5, 5.41) is 15.1. The lowest BCUT2D eigenvalue weighted by Gasteiger charge is -2.09. The van der Waals surface area contributed by atoms with Gasteiger partial charge in [-0.05, 0) is 88.6 Å². The van der Waals surface area contributed by atoms with Gasteiger partial charge in [0.2, 0.25) is 0 Å². The number of rotatable bonds is 2. The molecule has 0 fully saturated rings. The molecule has 0 radical (unpaired) electrons. The zero-order valence-corrected chi connectivity index (χ0v) is 18.1. The number of nitrogens with zero attached hydrogens (tertiary/aromatic N) is 3. The molecule has 2 heterocycles. The molecule has 2 aromatic heterocycles. The van der Waals surface area contributed by atoms with E-state index in [-0.39, 0.29) is 11.3 Å². The maximum atomic E-state index is 12.9. The summed E-state index contributed by atoms with van der Waals surface area (Å²) < 4.78 is 3.00. The normalized spacial score (nSPS) is 14.3. The van der Waals surface area contributed by atoms with Crippen molar-refractivity contribution in [1.29, 1.82) is 0 Å². The van der Waals surface area contributed by atoms with Crippen LogP contribution in [0.3, 0.4) is 0 Å². The van der Waals surface area contributed by atoms with E-state index >= 15 is 0 Å². The Balaban J connectivity index is 1.80. The monoisotopic (exact) mass is 577 g/mol. The number of aromatic nitrogens is 2. The minimum absolute atomic E-state index is 0.138. The zero-order valence-electron chi connectivity index (χ0n) is 13.0. The molecule has 0 spiro atoms. The minimum atomic E-state index is -0.138. The fourth-order valence-electron chi connectivity index (χ4n) is 3.03. The third-order valence-electron chi connectivity index (χ3n) is 4.24. The highest BCUT2D eigenvalue weighted by molar-refractivity contribution is 14.1. The van der Waals surface area contributed by atoms with Crippen LogP contribution in [0.1, 0.15) is 28.8 Å². The van der Waals surface area contributed by atoms with Gasteiger partial charge in [0.15, 0.2) is 0 Å². The van der Waals surface area contributed by atoms with Gasteiger partial charge in [-0.15, -0.1) is 11.3 Å². The van der Waals surface area contributed by atoms with E-state index in [9.17, 15) is 9.90 Å². The summed E-state index contributed by atoms with van der Waals surface area (Å²) in [6, 6.07) is 3.70. The van der Waals surface area contributed by atoms with Gasteiger partial charge in [-0.2, -0.15) is 9.78 Å². The largest absolute Gasteiger partial charge is 0.506 e. The number of thiophene rings is 1. The Morgan fingerprint density at radius 2 is 2.08 bits per heavy atom. The molecule has 3 aromatic rings. The van der Waals surface area contributed by atoms with Gasteiger partial charge in [0.1, 0.15) is 16.9 Å². The van der Waals surface area contributed by atoms with Crippen LogP contribution in [0.2, 0.25) is 0 Å². The van der Waals surface area contributed by atoms with Crippen molar-refractivity contribution in [3.63, 3.8) is 0 Å². The summed E-state index contributed by atoms with van der Waals surface area (Å²) in [5.74, 6) is 0.166. The number of aryl methyl sites for hydroxylation is 2. The number of hydrogen-bond acceptors (Lipinski definition) is 5. The fourth-order valence-corrected chi connectivity index (χ4v) is 6.14. The van der Waals surface area contributed by atoms with Crippen molar-refractivity contribution < 1.29 is 5.11 Å². The Bertz CT molecular complexity index is 1070. The zero-order chi connectivity index (χ0) is 17.6. The summed E-state index contributed by atoms with van der Waals surface area (Å²) >= 11 is 5.89. The van der Waals surface area contributed by atoms with Crippen LogP contribution in [0, 0.1) is 7.14 Å². The highest BCUT2D eigenvalue weighted by Gasteiger charge is 2.19. The Morgan fingerprint density at radius 3 is 2.92 bits per heavy atom. The second-order valence-electron chi connectivity index (χ2n) is 5.86. The molecule has 1 aliphatic carbocycles. The third kappa shape index (κ3) is 3.23. The molecular formula is C17H13I2N3O2S. The van der Waals surface area contributed by atoms with Crippen molar-refractivity contribution in [2.45, 2.75) is 25.7 Å². The van der Waals surface area contributed by atoms with E-state index in [0.717, 1.165) is 36.8 Å². The van der Waals surface area contributed by atoms with Gasteiger partial charge in [0, 0.05) is 14.0 Å². The Kier molecular flexibility index (Phi) is 4.84. The van der Waals surface area contributed by atoms with E-state index in [1.165, 1.54) is 28.5 Å². The van der Waals surface area contributed by atoms with E-state index in [2.05, 4.69) is 55.3 Å². The van der Waals surface area contributed by atoms with Crippen molar-refractivity contribution in [3.05, 3.63) is 52.0 Å². The standard InChI is InChI=1S/C17H13I2N3O2S/c18-10-5-9(15(23)12(19)6-10)7-21-22-8-20-16-14(17(22)24)11-3-1-2-4-13(11)25-16/h5-8,23H,1-4H2/b21-7-. The van der Waals surface area contributed by atoms with Gasteiger partial charge in [0.05, 0.1) is 15.2 Å². The van der Waals surface area contributed by atoms with Crippen LogP contribution >= 0.6 is 56.5 Å². The lowest BCUT2D eigenvalue weighted by molar-refractivity contribution is 0.470. The number of phenols is 1. The van der Waals surface area contributed by atoms with Crippen molar-refractivity contribution >= 4 is 72.9 Å². The average molecular weight is 577 g/mol. The predicted molar refractivity (Wildman–Crippen MR) is 117 cm³/mol. The SMILES string of the molecule is O=c1c2c3c(sc2ncn1/N=C\c1cc(I)cc(I)c1O)CCCC3. The van der Waals surface area contributed by atoms with Crippen molar-refractivity contribution in [3.8, 4) is 5.75 Å². The highest BCUT2D eigenvalue weighted by atomic mass is 127. The van der Waals surface area contributed by atoms with Crippen LogP contribution in [0.5, 0.6) is 5.75 Å². The lowest BCUT2D eigenvalue weighted by Crippen LogP contribution is -2.18. The summed E-state index contributed by atoms with van der Waals surface area (Å²) in [6.07, 6.45) is 7.23. The van der Waals surface area contributed by atoms with E-state index in [4.69, 9.17) is 0 Å². The van der Waals surface area contributed by atoms with Gasteiger partial charge in [-0.1, -0.05) is 0 Å². The summed E-state index contributed by atoms with van der Waals surface area (Å²) in [7, 11) is 0. The second-order valence-corrected chi connectivity index (χ2v) is 9.35. The van der Waals surface area contributed by atoms with Crippen LogP contribution < -0.4 is 5.56 Å².